The molecule has 6 heteroatoms. The van der Waals surface area contributed by atoms with Crippen LogP contribution in [0.25, 0.3) is 6.08 Å². The third kappa shape index (κ3) is 6.38. The number of carbonyl (C=O) groups excluding carboxylic acids is 2. The first kappa shape index (κ1) is 22.0. The summed E-state index contributed by atoms with van der Waals surface area (Å²) in [6, 6.07) is 11.1. The molecule has 0 saturated carbocycles. The first-order valence-electron chi connectivity index (χ1n) is 9.41. The van der Waals surface area contributed by atoms with Crippen molar-refractivity contribution in [2.45, 2.75) is 33.8 Å². The van der Waals surface area contributed by atoms with Gasteiger partial charge in [-0.1, -0.05) is 18.2 Å². The molecule has 0 bridgehead atoms. The average molecular weight is 397 g/mol. The van der Waals surface area contributed by atoms with Crippen LogP contribution < -0.4 is 14.8 Å². The van der Waals surface area contributed by atoms with Gasteiger partial charge in [0.15, 0.2) is 17.6 Å². The standard InChI is InChI=1S/C23H27NO5/c1-6-28-20-11-9-18(14-21(20)27-5)10-12-22(25)29-17(4)23(26)24-19-13-15(2)7-8-16(19)3/h7-14,17H,6H2,1-5H3,(H,24,26)/b12-10+/t17-/m1/s1. The molecule has 1 amide bonds. The fourth-order valence-corrected chi connectivity index (χ4v) is 2.60. The maximum atomic E-state index is 12.3. The van der Waals surface area contributed by atoms with E-state index in [-0.39, 0.29) is 5.91 Å². The first-order valence-corrected chi connectivity index (χ1v) is 9.41. The van der Waals surface area contributed by atoms with E-state index in [9.17, 15) is 9.59 Å². The molecule has 0 spiro atoms. The van der Waals surface area contributed by atoms with E-state index in [2.05, 4.69) is 5.32 Å². The SMILES string of the molecule is CCOc1ccc(/C=C/C(=O)O[C@H](C)C(=O)Nc2cc(C)ccc2C)cc1OC. The molecule has 1 atom stereocenters. The minimum absolute atomic E-state index is 0.386. The van der Waals surface area contributed by atoms with Crippen molar-refractivity contribution in [3.05, 3.63) is 59.2 Å². The van der Waals surface area contributed by atoms with Gasteiger partial charge in [-0.2, -0.15) is 0 Å². The largest absolute Gasteiger partial charge is 0.493 e. The number of rotatable bonds is 8. The van der Waals surface area contributed by atoms with Gasteiger partial charge in [-0.15, -0.1) is 0 Å². The second kappa shape index (κ2) is 10.3. The molecule has 0 aromatic heterocycles. The summed E-state index contributed by atoms with van der Waals surface area (Å²) in [6.45, 7) is 7.80. The van der Waals surface area contributed by atoms with E-state index in [0.717, 1.165) is 16.7 Å². The van der Waals surface area contributed by atoms with Crippen LogP contribution in [0.2, 0.25) is 0 Å². The predicted octanol–water partition coefficient (Wildman–Crippen LogP) is 4.29. The molecule has 0 radical (unpaired) electrons. The molecule has 0 aliphatic heterocycles. The number of hydrogen-bond donors (Lipinski definition) is 1. The molecule has 0 aliphatic carbocycles. The number of ether oxygens (including phenoxy) is 3. The van der Waals surface area contributed by atoms with Gasteiger partial charge in [0.1, 0.15) is 0 Å². The predicted molar refractivity (Wildman–Crippen MR) is 113 cm³/mol. The van der Waals surface area contributed by atoms with Crippen molar-refractivity contribution in [1.29, 1.82) is 0 Å². The van der Waals surface area contributed by atoms with Crippen molar-refractivity contribution in [2.24, 2.45) is 0 Å². The van der Waals surface area contributed by atoms with Gasteiger partial charge in [-0.05, 0) is 68.7 Å². The highest BCUT2D eigenvalue weighted by molar-refractivity contribution is 5.97. The third-order valence-corrected chi connectivity index (χ3v) is 4.21. The molecule has 0 saturated heterocycles. The van der Waals surface area contributed by atoms with Crippen LogP contribution in [-0.2, 0) is 14.3 Å². The van der Waals surface area contributed by atoms with E-state index < -0.39 is 12.1 Å². The summed E-state index contributed by atoms with van der Waals surface area (Å²) in [7, 11) is 1.55. The van der Waals surface area contributed by atoms with Crippen molar-refractivity contribution in [2.75, 3.05) is 19.0 Å². The number of aryl methyl sites for hydroxylation is 2. The Hall–Kier alpha value is -3.28. The summed E-state index contributed by atoms with van der Waals surface area (Å²) in [6.07, 6.45) is 1.94. The van der Waals surface area contributed by atoms with E-state index in [4.69, 9.17) is 14.2 Å². The zero-order chi connectivity index (χ0) is 21.4. The van der Waals surface area contributed by atoms with Gasteiger partial charge in [0.25, 0.3) is 5.91 Å². The summed E-state index contributed by atoms with van der Waals surface area (Å²) < 4.78 is 16.0. The molecule has 2 aromatic carbocycles. The van der Waals surface area contributed by atoms with Crippen LogP contribution in [0.15, 0.2) is 42.5 Å². The molecule has 0 heterocycles. The minimum atomic E-state index is -0.929. The van der Waals surface area contributed by atoms with Crippen LogP contribution in [0.5, 0.6) is 11.5 Å². The molecular formula is C23H27NO5. The van der Waals surface area contributed by atoms with Crippen LogP contribution in [0.4, 0.5) is 5.69 Å². The zero-order valence-corrected chi connectivity index (χ0v) is 17.4. The van der Waals surface area contributed by atoms with E-state index in [1.807, 2.05) is 39.0 Å². The highest BCUT2D eigenvalue weighted by Gasteiger charge is 2.17. The number of nitrogens with one attached hydrogen (secondary N) is 1. The Morgan fingerprint density at radius 1 is 1.10 bits per heavy atom. The Morgan fingerprint density at radius 3 is 2.55 bits per heavy atom. The maximum absolute atomic E-state index is 12.3. The Morgan fingerprint density at radius 2 is 1.86 bits per heavy atom. The summed E-state index contributed by atoms with van der Waals surface area (Å²) in [5, 5.41) is 2.79. The molecular weight excluding hydrogens is 370 g/mol. The molecule has 2 aromatic rings. The zero-order valence-electron chi connectivity index (χ0n) is 17.4. The van der Waals surface area contributed by atoms with Crippen LogP contribution in [0.3, 0.4) is 0 Å². The van der Waals surface area contributed by atoms with Crippen LogP contribution in [0.1, 0.15) is 30.5 Å². The van der Waals surface area contributed by atoms with Crippen molar-refractivity contribution in [3.8, 4) is 11.5 Å². The number of anilines is 1. The number of hydrogen-bond acceptors (Lipinski definition) is 5. The van der Waals surface area contributed by atoms with Gasteiger partial charge < -0.3 is 19.5 Å². The molecule has 1 N–H and O–H groups in total. The Balaban J connectivity index is 1.97. The van der Waals surface area contributed by atoms with E-state index in [1.54, 1.807) is 31.4 Å². The van der Waals surface area contributed by atoms with E-state index in [1.165, 1.54) is 13.0 Å². The van der Waals surface area contributed by atoms with Crippen LogP contribution in [-0.4, -0.2) is 31.7 Å². The Kier molecular flexibility index (Phi) is 7.83. The average Bonchev–Trinajstić information content (AvgIpc) is 2.70. The Labute approximate surface area is 171 Å². The van der Waals surface area contributed by atoms with Gasteiger partial charge in [-0.25, -0.2) is 4.79 Å². The monoisotopic (exact) mass is 397 g/mol. The topological polar surface area (TPSA) is 73.9 Å². The lowest BCUT2D eigenvalue weighted by Crippen LogP contribution is -2.29. The lowest BCUT2D eigenvalue weighted by molar-refractivity contribution is -0.148. The maximum Gasteiger partial charge on any atom is 0.331 e. The molecule has 0 aliphatic rings. The second-order valence-corrected chi connectivity index (χ2v) is 6.56. The fraction of sp³-hybridized carbons (Fsp3) is 0.304. The van der Waals surface area contributed by atoms with Gasteiger partial charge in [-0.3, -0.25) is 4.79 Å². The smallest absolute Gasteiger partial charge is 0.331 e. The number of carbonyl (C=O) groups is 2. The highest BCUT2D eigenvalue weighted by Crippen LogP contribution is 2.28. The van der Waals surface area contributed by atoms with E-state index >= 15 is 0 Å². The summed E-state index contributed by atoms with van der Waals surface area (Å²) in [5.74, 6) is 0.208. The summed E-state index contributed by atoms with van der Waals surface area (Å²) >= 11 is 0. The molecule has 6 nitrogen and oxygen atoms in total. The number of amides is 1. The normalized spacial score (nSPS) is 11.8. The quantitative estimate of drug-likeness (QED) is 0.531. The fourth-order valence-electron chi connectivity index (χ4n) is 2.60. The second-order valence-electron chi connectivity index (χ2n) is 6.56. The van der Waals surface area contributed by atoms with Gasteiger partial charge in [0.05, 0.1) is 13.7 Å². The van der Waals surface area contributed by atoms with Crippen LogP contribution >= 0.6 is 0 Å². The molecule has 154 valence electrons. The molecule has 2 rings (SSSR count). The van der Waals surface area contributed by atoms with Crippen molar-refractivity contribution in [1.82, 2.24) is 0 Å². The van der Waals surface area contributed by atoms with E-state index in [0.29, 0.717) is 23.8 Å². The van der Waals surface area contributed by atoms with Crippen molar-refractivity contribution in [3.63, 3.8) is 0 Å². The number of esters is 1. The number of benzene rings is 2. The van der Waals surface area contributed by atoms with Crippen LogP contribution in [0, 0.1) is 13.8 Å². The molecule has 0 unspecified atom stereocenters. The molecule has 29 heavy (non-hydrogen) atoms. The first-order chi connectivity index (χ1) is 13.8. The third-order valence-electron chi connectivity index (χ3n) is 4.21. The lowest BCUT2D eigenvalue weighted by atomic mass is 10.1. The van der Waals surface area contributed by atoms with Gasteiger partial charge in [0.2, 0.25) is 0 Å². The summed E-state index contributed by atoms with van der Waals surface area (Å²) in [5.41, 5.74) is 3.42. The summed E-state index contributed by atoms with van der Waals surface area (Å²) in [4.78, 5) is 24.4. The lowest BCUT2D eigenvalue weighted by Gasteiger charge is -2.14. The molecule has 0 fully saturated rings. The number of methoxy groups -OCH3 is 1. The van der Waals surface area contributed by atoms with Gasteiger partial charge in [0, 0.05) is 11.8 Å². The van der Waals surface area contributed by atoms with Crippen molar-refractivity contribution < 1.29 is 23.8 Å². The van der Waals surface area contributed by atoms with Crippen molar-refractivity contribution >= 4 is 23.6 Å². The van der Waals surface area contributed by atoms with Gasteiger partial charge >= 0.3 is 5.97 Å². The Bertz CT molecular complexity index is 904. The highest BCUT2D eigenvalue weighted by atomic mass is 16.5. The minimum Gasteiger partial charge on any atom is -0.493 e.